The molecule has 0 aliphatic heterocycles. The third kappa shape index (κ3) is 3.69. The molecule has 0 atom stereocenters. The van der Waals surface area contributed by atoms with Crippen molar-refractivity contribution in [2.45, 2.75) is 0 Å². The molecule has 0 amide bonds. The fourth-order valence-corrected chi connectivity index (χ4v) is 2.33. The summed E-state index contributed by atoms with van der Waals surface area (Å²) < 4.78 is 27.3. The highest BCUT2D eigenvalue weighted by atomic mass is 35.5. The maximum absolute atomic E-state index is 13.7. The third-order valence-corrected chi connectivity index (χ3v) is 3.50. The number of hydrogen-bond donors (Lipinski definition) is 2. The van der Waals surface area contributed by atoms with Gasteiger partial charge in [0.05, 0.1) is 16.9 Å². The van der Waals surface area contributed by atoms with Gasteiger partial charge in [0.2, 0.25) is 5.95 Å². The van der Waals surface area contributed by atoms with E-state index in [2.05, 4.69) is 25.8 Å². The summed E-state index contributed by atoms with van der Waals surface area (Å²) in [6.45, 7) is 0. The Hall–Kier alpha value is -2.51. The molecule has 2 aromatic carbocycles. The number of rotatable bonds is 4. The van der Waals surface area contributed by atoms with Crippen molar-refractivity contribution in [3.8, 4) is 0 Å². The summed E-state index contributed by atoms with van der Waals surface area (Å²) in [6.07, 6.45) is 1.24. The molecule has 0 aliphatic carbocycles. The van der Waals surface area contributed by atoms with Gasteiger partial charge >= 0.3 is 0 Å². The monoisotopic (exact) mass is 367 g/mol. The summed E-state index contributed by atoms with van der Waals surface area (Å²) in [5.41, 5.74) is 0.186. The predicted molar refractivity (Wildman–Crippen MR) is 89.2 cm³/mol. The van der Waals surface area contributed by atoms with E-state index in [0.29, 0.717) is 15.7 Å². The molecule has 122 valence electrons. The first kappa shape index (κ1) is 16.4. The number of hydrogen-bond acceptors (Lipinski definition) is 5. The summed E-state index contributed by atoms with van der Waals surface area (Å²) in [5.74, 6) is -1.28. The largest absolute Gasteiger partial charge is 0.334 e. The van der Waals surface area contributed by atoms with E-state index in [1.165, 1.54) is 12.3 Å². The van der Waals surface area contributed by atoms with Crippen LogP contribution < -0.4 is 10.6 Å². The molecule has 0 spiro atoms. The Morgan fingerprint density at radius 2 is 1.71 bits per heavy atom. The summed E-state index contributed by atoms with van der Waals surface area (Å²) in [5, 5.41) is 13.8. The smallest absolute Gasteiger partial charge is 0.249 e. The zero-order valence-electron chi connectivity index (χ0n) is 11.9. The van der Waals surface area contributed by atoms with E-state index in [4.69, 9.17) is 23.2 Å². The van der Waals surface area contributed by atoms with Crippen molar-refractivity contribution in [3.05, 3.63) is 64.3 Å². The van der Waals surface area contributed by atoms with Crippen LogP contribution in [0.3, 0.4) is 0 Å². The topological polar surface area (TPSA) is 62.7 Å². The summed E-state index contributed by atoms with van der Waals surface area (Å²) in [4.78, 5) is 4.09. The van der Waals surface area contributed by atoms with Crippen LogP contribution in [0.25, 0.3) is 0 Å². The second kappa shape index (κ2) is 6.94. The van der Waals surface area contributed by atoms with Crippen molar-refractivity contribution < 1.29 is 8.78 Å². The average molecular weight is 368 g/mol. The van der Waals surface area contributed by atoms with Crippen molar-refractivity contribution in [1.29, 1.82) is 0 Å². The molecule has 9 heteroatoms. The SMILES string of the molecule is Fc1cccc(F)c1Nc1cnnc(Nc2ccc(Cl)cc2Cl)n1. The van der Waals surface area contributed by atoms with Crippen LogP contribution in [0.1, 0.15) is 0 Å². The van der Waals surface area contributed by atoms with Gasteiger partial charge < -0.3 is 10.6 Å². The molecule has 0 bridgehead atoms. The van der Waals surface area contributed by atoms with Gasteiger partial charge in [0, 0.05) is 5.02 Å². The zero-order valence-corrected chi connectivity index (χ0v) is 13.4. The molecule has 5 nitrogen and oxygen atoms in total. The van der Waals surface area contributed by atoms with Crippen molar-refractivity contribution in [1.82, 2.24) is 15.2 Å². The van der Waals surface area contributed by atoms with Crippen LogP contribution in [0, 0.1) is 11.6 Å². The molecule has 0 aliphatic rings. The van der Waals surface area contributed by atoms with E-state index >= 15 is 0 Å². The molecule has 3 aromatic rings. The van der Waals surface area contributed by atoms with E-state index in [1.807, 2.05) is 0 Å². The standard InChI is InChI=1S/C15H9Cl2F2N5/c16-8-4-5-12(9(17)6-8)21-15-23-13(7-20-24-15)22-14-10(18)2-1-3-11(14)19/h1-7H,(H2,21,22,23,24). The van der Waals surface area contributed by atoms with E-state index in [0.717, 1.165) is 12.1 Å². The lowest BCUT2D eigenvalue weighted by Crippen LogP contribution is -2.04. The maximum atomic E-state index is 13.7. The number of anilines is 4. The average Bonchev–Trinajstić information content (AvgIpc) is 2.54. The second-order valence-corrected chi connectivity index (χ2v) is 5.48. The van der Waals surface area contributed by atoms with Gasteiger partial charge in [-0.3, -0.25) is 0 Å². The number of nitrogens with zero attached hydrogens (tertiary/aromatic N) is 3. The van der Waals surface area contributed by atoms with Crippen LogP contribution in [0.5, 0.6) is 0 Å². The first-order valence-corrected chi connectivity index (χ1v) is 7.41. The highest BCUT2D eigenvalue weighted by Crippen LogP contribution is 2.27. The van der Waals surface area contributed by atoms with Gasteiger partial charge in [0.1, 0.15) is 17.3 Å². The lowest BCUT2D eigenvalue weighted by molar-refractivity contribution is 0.590. The number of halogens is 4. The third-order valence-electron chi connectivity index (χ3n) is 2.95. The molecular weight excluding hydrogens is 359 g/mol. The van der Waals surface area contributed by atoms with Crippen LogP contribution in [0.4, 0.5) is 31.9 Å². The number of nitrogens with one attached hydrogen (secondary N) is 2. The van der Waals surface area contributed by atoms with E-state index < -0.39 is 11.6 Å². The Morgan fingerprint density at radius 3 is 2.42 bits per heavy atom. The molecule has 0 fully saturated rings. The van der Waals surface area contributed by atoms with Crippen molar-refractivity contribution in [2.75, 3.05) is 10.6 Å². The number of benzene rings is 2. The van der Waals surface area contributed by atoms with Crippen LogP contribution in [-0.4, -0.2) is 15.2 Å². The molecular formula is C15H9Cl2F2N5. The Kier molecular flexibility index (Phi) is 4.73. The van der Waals surface area contributed by atoms with Gasteiger partial charge in [0.25, 0.3) is 0 Å². The van der Waals surface area contributed by atoms with Gasteiger partial charge in [-0.05, 0) is 30.3 Å². The first-order valence-electron chi connectivity index (χ1n) is 6.66. The van der Waals surface area contributed by atoms with Crippen molar-refractivity contribution in [3.63, 3.8) is 0 Å². The lowest BCUT2D eigenvalue weighted by Gasteiger charge is -2.10. The Morgan fingerprint density at radius 1 is 0.958 bits per heavy atom. The molecule has 1 heterocycles. The van der Waals surface area contributed by atoms with Crippen LogP contribution in [0.15, 0.2) is 42.6 Å². The van der Waals surface area contributed by atoms with Gasteiger partial charge in [-0.2, -0.15) is 10.1 Å². The molecule has 0 saturated carbocycles. The highest BCUT2D eigenvalue weighted by molar-refractivity contribution is 6.36. The van der Waals surface area contributed by atoms with E-state index in [9.17, 15) is 8.78 Å². The molecule has 0 saturated heterocycles. The number of para-hydroxylation sites is 1. The van der Waals surface area contributed by atoms with Crippen molar-refractivity contribution >= 4 is 46.3 Å². The molecule has 2 N–H and O–H groups in total. The Labute approximate surface area is 145 Å². The fraction of sp³-hybridized carbons (Fsp3) is 0. The van der Waals surface area contributed by atoms with Crippen molar-refractivity contribution in [2.24, 2.45) is 0 Å². The molecule has 0 radical (unpaired) electrons. The first-order chi connectivity index (χ1) is 11.5. The molecule has 3 rings (SSSR count). The van der Waals surface area contributed by atoms with Gasteiger partial charge in [0.15, 0.2) is 5.82 Å². The lowest BCUT2D eigenvalue weighted by atomic mass is 10.3. The minimum absolute atomic E-state index is 0.0981. The Balaban J connectivity index is 1.84. The number of aromatic nitrogens is 3. The fourth-order valence-electron chi connectivity index (χ4n) is 1.87. The minimum atomic E-state index is -0.746. The molecule has 1 aromatic heterocycles. The maximum Gasteiger partial charge on any atom is 0.249 e. The Bertz CT molecular complexity index is 871. The summed E-state index contributed by atoms with van der Waals surface area (Å²) in [7, 11) is 0. The van der Waals surface area contributed by atoms with Gasteiger partial charge in [-0.15, -0.1) is 5.10 Å². The van der Waals surface area contributed by atoms with Gasteiger partial charge in [-0.25, -0.2) is 8.78 Å². The minimum Gasteiger partial charge on any atom is -0.334 e. The van der Waals surface area contributed by atoms with Crippen LogP contribution in [0.2, 0.25) is 10.0 Å². The normalized spacial score (nSPS) is 10.5. The molecule has 24 heavy (non-hydrogen) atoms. The summed E-state index contributed by atoms with van der Waals surface area (Å²) in [6, 6.07) is 8.36. The van der Waals surface area contributed by atoms with Crippen LogP contribution in [-0.2, 0) is 0 Å². The zero-order chi connectivity index (χ0) is 17.1. The van der Waals surface area contributed by atoms with E-state index in [1.54, 1.807) is 18.2 Å². The van der Waals surface area contributed by atoms with Gasteiger partial charge in [-0.1, -0.05) is 29.3 Å². The second-order valence-electron chi connectivity index (χ2n) is 4.64. The summed E-state index contributed by atoms with van der Waals surface area (Å²) >= 11 is 11.9. The molecule has 0 unspecified atom stereocenters. The van der Waals surface area contributed by atoms with E-state index in [-0.39, 0.29) is 17.5 Å². The van der Waals surface area contributed by atoms with Crippen LogP contribution >= 0.6 is 23.2 Å². The predicted octanol–water partition coefficient (Wildman–Crippen LogP) is 4.94. The quantitative estimate of drug-likeness (QED) is 0.683. The highest BCUT2D eigenvalue weighted by Gasteiger charge is 2.11.